The number of fused-ring (bicyclic) bond motifs is 1. The molecule has 0 saturated carbocycles. The van der Waals surface area contributed by atoms with E-state index >= 15 is 0 Å². The van der Waals surface area contributed by atoms with Crippen molar-refractivity contribution >= 4 is 23.1 Å². The van der Waals surface area contributed by atoms with Gasteiger partial charge in [0.1, 0.15) is 5.52 Å². The predicted molar refractivity (Wildman–Crippen MR) is 128 cm³/mol. The molecule has 0 fully saturated rings. The molecule has 2 aromatic heterocycles. The molecule has 5 aromatic rings. The first-order valence-corrected chi connectivity index (χ1v) is 10.7. The van der Waals surface area contributed by atoms with Gasteiger partial charge in [0.25, 0.3) is 0 Å². The van der Waals surface area contributed by atoms with Crippen molar-refractivity contribution in [3.05, 3.63) is 114 Å². The van der Waals surface area contributed by atoms with Crippen molar-refractivity contribution in [1.29, 1.82) is 0 Å². The number of carbonyl (C=O) groups excluding carboxylic acids is 1. The van der Waals surface area contributed by atoms with Crippen LogP contribution in [0.5, 0.6) is 0 Å². The lowest BCUT2D eigenvalue weighted by Crippen LogP contribution is -2.20. The lowest BCUT2D eigenvalue weighted by atomic mass is 9.98. The second kappa shape index (κ2) is 9.36. The third-order valence-corrected chi connectivity index (χ3v) is 5.33. The van der Waals surface area contributed by atoms with Crippen molar-refractivity contribution in [2.24, 2.45) is 0 Å². The van der Waals surface area contributed by atoms with Gasteiger partial charge in [0.15, 0.2) is 5.58 Å². The molecule has 0 bridgehead atoms. The maximum Gasteiger partial charge on any atom is 0.244 e. The first-order chi connectivity index (χ1) is 16.2. The van der Waals surface area contributed by atoms with Crippen LogP contribution < -0.4 is 5.32 Å². The van der Waals surface area contributed by atoms with Crippen LogP contribution in [0.1, 0.15) is 17.0 Å². The number of hydrogen-bond donors (Lipinski definition) is 1. The molecule has 0 radical (unpaired) electrons. The van der Waals surface area contributed by atoms with E-state index in [4.69, 9.17) is 4.42 Å². The Bertz CT molecular complexity index is 1370. The molecule has 33 heavy (non-hydrogen) atoms. The van der Waals surface area contributed by atoms with E-state index in [1.807, 2.05) is 59.4 Å². The topological polar surface area (TPSA) is 73.0 Å². The van der Waals surface area contributed by atoms with Crippen LogP contribution in [0.2, 0.25) is 0 Å². The lowest BCUT2D eigenvalue weighted by molar-refractivity contribution is -0.116. The summed E-state index contributed by atoms with van der Waals surface area (Å²) in [6, 6.07) is 25.9. The number of nitrogens with zero attached hydrogens (tertiary/aromatic N) is 3. The maximum absolute atomic E-state index is 12.4. The minimum Gasteiger partial charge on any atom is -0.437 e. The molecule has 5 rings (SSSR count). The van der Waals surface area contributed by atoms with Crippen LogP contribution in [-0.2, 0) is 17.9 Å². The van der Waals surface area contributed by atoms with Gasteiger partial charge in [-0.3, -0.25) is 9.48 Å². The third-order valence-electron chi connectivity index (χ3n) is 5.33. The molecule has 0 aliphatic carbocycles. The van der Waals surface area contributed by atoms with Crippen LogP contribution in [0.4, 0.5) is 0 Å². The minimum atomic E-state index is -0.207. The zero-order chi connectivity index (χ0) is 22.5. The van der Waals surface area contributed by atoms with E-state index in [-0.39, 0.29) is 5.91 Å². The Kier molecular flexibility index (Phi) is 5.80. The molecule has 0 saturated heterocycles. The summed E-state index contributed by atoms with van der Waals surface area (Å²) < 4.78 is 7.51. The maximum atomic E-state index is 12.4. The molecule has 0 atom stereocenters. The molecule has 3 aromatic carbocycles. The summed E-state index contributed by atoms with van der Waals surface area (Å²) in [5.41, 5.74) is 5.88. The van der Waals surface area contributed by atoms with Crippen LogP contribution in [0.25, 0.3) is 28.3 Å². The fourth-order valence-corrected chi connectivity index (χ4v) is 3.68. The van der Waals surface area contributed by atoms with Crippen molar-refractivity contribution < 1.29 is 9.21 Å². The number of carbonyl (C=O) groups is 1. The van der Waals surface area contributed by atoms with Gasteiger partial charge >= 0.3 is 0 Å². The van der Waals surface area contributed by atoms with Crippen LogP contribution in [0, 0.1) is 0 Å². The van der Waals surface area contributed by atoms with Crippen molar-refractivity contribution in [3.63, 3.8) is 0 Å². The fraction of sp³-hybridized carbons (Fsp3) is 0.0741. The highest BCUT2D eigenvalue weighted by molar-refractivity contribution is 5.91. The summed E-state index contributed by atoms with van der Waals surface area (Å²) in [5.74, 6) is 0.198. The first-order valence-electron chi connectivity index (χ1n) is 10.7. The molecule has 6 heteroatoms. The minimum absolute atomic E-state index is 0.207. The smallest absolute Gasteiger partial charge is 0.244 e. The highest BCUT2D eigenvalue weighted by Crippen LogP contribution is 2.24. The van der Waals surface area contributed by atoms with E-state index in [1.165, 1.54) is 11.6 Å². The molecule has 0 unspecified atom stereocenters. The van der Waals surface area contributed by atoms with E-state index in [2.05, 4.69) is 45.7 Å². The summed E-state index contributed by atoms with van der Waals surface area (Å²) >= 11 is 0. The Morgan fingerprint density at radius 1 is 0.970 bits per heavy atom. The highest BCUT2D eigenvalue weighted by Gasteiger charge is 2.07. The van der Waals surface area contributed by atoms with Crippen molar-refractivity contribution in [2.45, 2.75) is 13.1 Å². The van der Waals surface area contributed by atoms with Crippen molar-refractivity contribution in [3.8, 4) is 11.1 Å². The standard InChI is InChI=1S/C27H22N4O2/c32-26(14-15-27-30-24-8-3-4-9-25(24)33-27)28-18-22-6-1-2-7-23(22)21-12-10-20(11-13-21)19-31-17-5-16-29-31/h1-17H,18-19H2,(H,28,32)/b15-14+. The summed E-state index contributed by atoms with van der Waals surface area (Å²) in [4.78, 5) is 16.7. The largest absolute Gasteiger partial charge is 0.437 e. The summed E-state index contributed by atoms with van der Waals surface area (Å²) in [5, 5.41) is 7.20. The average molecular weight is 434 g/mol. The molecule has 162 valence electrons. The first kappa shape index (κ1) is 20.5. The lowest BCUT2D eigenvalue weighted by Gasteiger charge is -2.11. The Labute approximate surface area is 191 Å². The quantitative estimate of drug-likeness (QED) is 0.363. The van der Waals surface area contributed by atoms with Crippen LogP contribution in [-0.4, -0.2) is 20.7 Å². The zero-order valence-corrected chi connectivity index (χ0v) is 17.9. The summed E-state index contributed by atoms with van der Waals surface area (Å²) in [6.45, 7) is 1.15. The molecule has 0 spiro atoms. The number of amides is 1. The zero-order valence-electron chi connectivity index (χ0n) is 17.9. The van der Waals surface area contributed by atoms with Gasteiger partial charge in [-0.2, -0.15) is 5.10 Å². The summed E-state index contributed by atoms with van der Waals surface area (Å²) in [7, 11) is 0. The second-order valence-electron chi connectivity index (χ2n) is 7.63. The van der Waals surface area contributed by atoms with Gasteiger partial charge in [-0.1, -0.05) is 60.7 Å². The van der Waals surface area contributed by atoms with Crippen molar-refractivity contribution in [1.82, 2.24) is 20.1 Å². The van der Waals surface area contributed by atoms with Gasteiger partial charge in [0.05, 0.1) is 6.54 Å². The van der Waals surface area contributed by atoms with E-state index in [1.54, 1.807) is 12.3 Å². The third kappa shape index (κ3) is 4.91. The highest BCUT2D eigenvalue weighted by atomic mass is 16.3. The SMILES string of the molecule is O=C(/C=C/c1nc2ccccc2o1)NCc1ccccc1-c1ccc(Cn2cccn2)cc1. The number of oxazole rings is 1. The van der Waals surface area contributed by atoms with Gasteiger partial charge in [-0.15, -0.1) is 0 Å². The Morgan fingerprint density at radius 2 is 1.79 bits per heavy atom. The van der Waals surface area contributed by atoms with Gasteiger partial charge in [0, 0.05) is 31.1 Å². The molecule has 6 nitrogen and oxygen atoms in total. The second-order valence-corrected chi connectivity index (χ2v) is 7.63. The normalized spacial score (nSPS) is 11.3. The number of para-hydroxylation sites is 2. The van der Waals surface area contributed by atoms with Gasteiger partial charge < -0.3 is 9.73 Å². The van der Waals surface area contributed by atoms with E-state index in [0.717, 1.165) is 28.8 Å². The van der Waals surface area contributed by atoms with Crippen LogP contribution in [0.3, 0.4) is 0 Å². The fourth-order valence-electron chi connectivity index (χ4n) is 3.68. The molecule has 1 amide bonds. The van der Waals surface area contributed by atoms with Crippen LogP contribution >= 0.6 is 0 Å². The predicted octanol–water partition coefficient (Wildman–Crippen LogP) is 5.07. The Balaban J connectivity index is 1.24. The average Bonchev–Trinajstić information content (AvgIpc) is 3.51. The van der Waals surface area contributed by atoms with E-state index < -0.39 is 0 Å². The van der Waals surface area contributed by atoms with Gasteiger partial charge in [0.2, 0.25) is 11.8 Å². The molecular formula is C27H22N4O2. The van der Waals surface area contributed by atoms with Gasteiger partial charge in [-0.25, -0.2) is 4.98 Å². The molecule has 0 aliphatic heterocycles. The van der Waals surface area contributed by atoms with Crippen LogP contribution in [0.15, 0.2) is 102 Å². The van der Waals surface area contributed by atoms with E-state index in [9.17, 15) is 4.79 Å². The number of rotatable bonds is 7. The number of aromatic nitrogens is 3. The van der Waals surface area contributed by atoms with E-state index in [0.29, 0.717) is 18.0 Å². The number of hydrogen-bond acceptors (Lipinski definition) is 4. The number of nitrogens with one attached hydrogen (secondary N) is 1. The summed E-state index contributed by atoms with van der Waals surface area (Å²) in [6.07, 6.45) is 6.75. The Hall–Kier alpha value is -4.45. The molecule has 2 heterocycles. The van der Waals surface area contributed by atoms with Gasteiger partial charge in [-0.05, 0) is 40.5 Å². The molecular weight excluding hydrogens is 412 g/mol. The monoisotopic (exact) mass is 434 g/mol. The van der Waals surface area contributed by atoms with Crippen molar-refractivity contribution in [2.75, 3.05) is 0 Å². The molecule has 0 aliphatic rings. The Morgan fingerprint density at radius 3 is 2.61 bits per heavy atom. The number of benzene rings is 3. The molecule has 1 N–H and O–H groups in total.